The van der Waals surface area contributed by atoms with E-state index >= 15 is 0 Å². The van der Waals surface area contributed by atoms with Crippen molar-refractivity contribution in [1.82, 2.24) is 15.2 Å². The van der Waals surface area contributed by atoms with Gasteiger partial charge in [0.05, 0.1) is 21.7 Å². The third-order valence-corrected chi connectivity index (χ3v) is 9.20. The van der Waals surface area contributed by atoms with E-state index in [1.165, 1.54) is 24.3 Å². The smallest absolute Gasteiger partial charge is 0.287 e. The van der Waals surface area contributed by atoms with Crippen LogP contribution in [0.2, 0.25) is 5.02 Å². The number of benzene rings is 1. The topological polar surface area (TPSA) is 78.5 Å². The monoisotopic (exact) mass is 507 g/mol. The van der Waals surface area contributed by atoms with E-state index in [-0.39, 0.29) is 14.8 Å². The number of hydrogen-bond acceptors (Lipinski definition) is 5. The molecule has 0 bridgehead atoms. The van der Waals surface area contributed by atoms with Crippen LogP contribution in [0.4, 0.5) is 4.39 Å². The molecular formula is C18H13Cl3FN3O3S2. The van der Waals surface area contributed by atoms with Crippen LogP contribution in [0.5, 0.6) is 0 Å². The maximum Gasteiger partial charge on any atom is 0.287 e. The zero-order valence-electron chi connectivity index (χ0n) is 14.9. The van der Waals surface area contributed by atoms with Gasteiger partial charge in [0, 0.05) is 17.5 Å². The number of thioether (sulfide) groups is 1. The number of carbonyl (C=O) groups excluding carboxylic acids is 1. The van der Waals surface area contributed by atoms with Crippen molar-refractivity contribution in [3.63, 3.8) is 0 Å². The zero-order chi connectivity index (χ0) is 21.6. The van der Waals surface area contributed by atoms with E-state index in [2.05, 4.69) is 10.7 Å². The SMILES string of the molecule is O=C(NC1=CCC2=CNN(S(=O)(=O)C3=CC(Cl)C(Cl)S3)C2=C1)c1c(F)cccc1Cl. The number of allylic oxidation sites excluding steroid dienone is 4. The van der Waals surface area contributed by atoms with Gasteiger partial charge in [-0.2, -0.15) is 12.8 Å². The van der Waals surface area contributed by atoms with E-state index in [1.807, 2.05) is 0 Å². The fraction of sp³-hybridized carbons (Fsp3) is 0.167. The fourth-order valence-corrected chi connectivity index (χ4v) is 7.00. The van der Waals surface area contributed by atoms with Gasteiger partial charge >= 0.3 is 0 Å². The van der Waals surface area contributed by atoms with Gasteiger partial charge in [-0.3, -0.25) is 10.2 Å². The molecule has 0 radical (unpaired) electrons. The molecule has 1 aliphatic carbocycles. The molecule has 6 nitrogen and oxygen atoms in total. The summed E-state index contributed by atoms with van der Waals surface area (Å²) in [5.41, 5.74) is 3.78. The van der Waals surface area contributed by atoms with Crippen molar-refractivity contribution < 1.29 is 17.6 Å². The average molecular weight is 509 g/mol. The number of alkyl halides is 2. The van der Waals surface area contributed by atoms with Crippen LogP contribution in [0.25, 0.3) is 0 Å². The van der Waals surface area contributed by atoms with E-state index in [4.69, 9.17) is 34.8 Å². The molecule has 0 saturated heterocycles. The molecule has 30 heavy (non-hydrogen) atoms. The Labute approximate surface area is 191 Å². The standard InChI is InChI=1S/C18H13Cl3FN3O3S2/c19-11-2-1-3-13(22)16(11)18(26)24-10-5-4-9-8-23-25(14(9)6-10)30(27,28)15-7-12(20)17(21)29-15/h1-3,5-8,12,17,23H,4H2,(H,24,26). The predicted octanol–water partition coefficient (Wildman–Crippen LogP) is 4.17. The Kier molecular flexibility index (Phi) is 5.84. The third-order valence-electron chi connectivity index (χ3n) is 4.45. The Balaban J connectivity index is 1.59. The minimum Gasteiger partial charge on any atom is -0.322 e. The second kappa shape index (κ2) is 8.12. The quantitative estimate of drug-likeness (QED) is 0.597. The highest BCUT2D eigenvalue weighted by Crippen LogP contribution is 2.43. The highest BCUT2D eigenvalue weighted by Gasteiger charge is 2.39. The Morgan fingerprint density at radius 1 is 1.33 bits per heavy atom. The van der Waals surface area contributed by atoms with Crippen LogP contribution in [0.1, 0.15) is 16.8 Å². The van der Waals surface area contributed by atoms with E-state index in [0.717, 1.165) is 22.2 Å². The molecule has 1 amide bonds. The number of hydrazine groups is 1. The van der Waals surface area contributed by atoms with E-state index < -0.39 is 31.8 Å². The van der Waals surface area contributed by atoms with E-state index in [9.17, 15) is 17.6 Å². The number of nitrogens with zero attached hydrogens (tertiary/aromatic N) is 1. The van der Waals surface area contributed by atoms with Crippen molar-refractivity contribution in [1.29, 1.82) is 0 Å². The molecule has 2 atom stereocenters. The number of nitrogens with one attached hydrogen (secondary N) is 2. The maximum absolute atomic E-state index is 14.0. The van der Waals surface area contributed by atoms with Gasteiger partial charge in [0.2, 0.25) is 0 Å². The second-order valence-electron chi connectivity index (χ2n) is 6.41. The lowest BCUT2D eigenvalue weighted by molar-refractivity contribution is 0.0963. The number of halogens is 4. The van der Waals surface area contributed by atoms with Crippen LogP contribution in [-0.2, 0) is 10.0 Å². The molecule has 1 aromatic carbocycles. The van der Waals surface area contributed by atoms with Crippen LogP contribution >= 0.6 is 46.6 Å². The summed E-state index contributed by atoms with van der Waals surface area (Å²) in [5.74, 6) is -1.49. The fourth-order valence-electron chi connectivity index (χ4n) is 3.00. The number of rotatable bonds is 4. The van der Waals surface area contributed by atoms with Gasteiger partial charge in [0.25, 0.3) is 15.9 Å². The first kappa shape index (κ1) is 21.6. The Morgan fingerprint density at radius 2 is 2.10 bits per heavy atom. The summed E-state index contributed by atoms with van der Waals surface area (Å²) in [5, 5.41) is 1.93. The number of hydrogen-bond donors (Lipinski definition) is 2. The van der Waals surface area contributed by atoms with Gasteiger partial charge in [-0.05, 0) is 30.7 Å². The van der Waals surface area contributed by atoms with Gasteiger partial charge in [-0.25, -0.2) is 4.39 Å². The molecule has 2 heterocycles. The summed E-state index contributed by atoms with van der Waals surface area (Å²) >= 11 is 18.9. The summed E-state index contributed by atoms with van der Waals surface area (Å²) < 4.78 is 40.5. The van der Waals surface area contributed by atoms with E-state index in [1.54, 1.807) is 12.3 Å². The molecular weight excluding hydrogens is 496 g/mol. The first-order valence-corrected chi connectivity index (χ1v) is 12.1. The molecule has 0 aromatic heterocycles. The summed E-state index contributed by atoms with van der Waals surface area (Å²) in [7, 11) is -3.96. The zero-order valence-corrected chi connectivity index (χ0v) is 18.8. The van der Waals surface area contributed by atoms with Gasteiger partial charge in [-0.15, -0.1) is 23.2 Å². The third kappa shape index (κ3) is 3.85. The molecule has 158 valence electrons. The van der Waals surface area contributed by atoms with Gasteiger partial charge < -0.3 is 5.32 Å². The molecule has 1 aromatic rings. The lowest BCUT2D eigenvalue weighted by Gasteiger charge is -2.24. The van der Waals surface area contributed by atoms with Crippen molar-refractivity contribution >= 4 is 62.5 Å². The number of fused-ring (bicyclic) bond motifs is 1. The predicted molar refractivity (Wildman–Crippen MR) is 117 cm³/mol. The summed E-state index contributed by atoms with van der Waals surface area (Å²) in [4.78, 5) is 12.5. The summed E-state index contributed by atoms with van der Waals surface area (Å²) in [6, 6.07) is 3.93. The van der Waals surface area contributed by atoms with Crippen LogP contribution in [-0.4, -0.2) is 28.8 Å². The average Bonchev–Trinajstić information content (AvgIpc) is 3.25. The van der Waals surface area contributed by atoms with Gasteiger partial charge in [0.1, 0.15) is 14.8 Å². The molecule has 2 aliphatic heterocycles. The molecule has 12 heteroatoms. The number of amides is 1. The summed E-state index contributed by atoms with van der Waals surface area (Å²) in [6.07, 6.45) is 6.47. The van der Waals surface area contributed by atoms with Gasteiger partial charge in [0.15, 0.2) is 0 Å². The van der Waals surface area contributed by atoms with Crippen LogP contribution in [0, 0.1) is 5.82 Å². The summed E-state index contributed by atoms with van der Waals surface area (Å²) in [6.45, 7) is 0. The van der Waals surface area contributed by atoms with Crippen molar-refractivity contribution in [2.75, 3.05) is 0 Å². The first-order valence-electron chi connectivity index (χ1n) is 8.53. The van der Waals surface area contributed by atoms with Crippen LogP contribution < -0.4 is 10.7 Å². The number of carbonyl (C=O) groups is 1. The Bertz CT molecular complexity index is 1140. The molecule has 0 fully saturated rings. The number of sulfonamides is 1. The molecule has 4 rings (SSSR count). The molecule has 0 saturated carbocycles. The van der Waals surface area contributed by atoms with E-state index in [0.29, 0.717) is 23.4 Å². The van der Waals surface area contributed by atoms with Crippen molar-refractivity contribution in [3.8, 4) is 0 Å². The molecule has 3 aliphatic rings. The minimum atomic E-state index is -3.96. The normalized spacial score (nSPS) is 23.1. The first-order chi connectivity index (χ1) is 14.2. The maximum atomic E-state index is 14.0. The molecule has 2 unspecified atom stereocenters. The van der Waals surface area contributed by atoms with Crippen molar-refractivity contribution in [3.05, 3.63) is 80.2 Å². The second-order valence-corrected chi connectivity index (χ2v) is 11.2. The highest BCUT2D eigenvalue weighted by molar-refractivity contribution is 8.19. The van der Waals surface area contributed by atoms with Crippen molar-refractivity contribution in [2.45, 2.75) is 16.5 Å². The minimum absolute atomic E-state index is 0.0275. The van der Waals surface area contributed by atoms with Crippen LogP contribution in [0.3, 0.4) is 0 Å². The lowest BCUT2D eigenvalue weighted by atomic mass is 10.0. The molecule has 0 spiro atoms. The highest BCUT2D eigenvalue weighted by atomic mass is 35.5. The van der Waals surface area contributed by atoms with Gasteiger partial charge in [-0.1, -0.05) is 35.5 Å². The lowest BCUT2D eigenvalue weighted by Crippen LogP contribution is -2.36. The Hall–Kier alpha value is -1.65. The van der Waals surface area contributed by atoms with Crippen LogP contribution in [0.15, 0.2) is 63.8 Å². The Morgan fingerprint density at radius 3 is 2.77 bits per heavy atom. The largest absolute Gasteiger partial charge is 0.322 e. The molecule has 2 N–H and O–H groups in total. The van der Waals surface area contributed by atoms with Crippen molar-refractivity contribution in [2.24, 2.45) is 0 Å².